The van der Waals surface area contributed by atoms with E-state index in [2.05, 4.69) is 5.32 Å². The number of rotatable bonds is 1. The Kier molecular flexibility index (Phi) is 4.74. The second kappa shape index (κ2) is 7.26. The van der Waals surface area contributed by atoms with Crippen molar-refractivity contribution in [1.29, 1.82) is 0 Å². The van der Waals surface area contributed by atoms with Crippen LogP contribution in [0.2, 0.25) is 0 Å². The van der Waals surface area contributed by atoms with Gasteiger partial charge in [0.05, 0.1) is 17.3 Å². The molecule has 3 heterocycles. The molecule has 2 atom stereocenters. The Morgan fingerprint density at radius 3 is 2.53 bits per heavy atom. The zero-order valence-electron chi connectivity index (χ0n) is 16.7. The molecule has 1 spiro atoms. The fraction of sp³-hybridized carbons (Fsp3) is 0.318. The molecule has 4 amide bonds. The minimum atomic E-state index is -4.55. The zero-order chi connectivity index (χ0) is 22.7. The molecule has 0 aromatic heterocycles. The Morgan fingerprint density at radius 1 is 1.06 bits per heavy atom. The second-order valence-electron chi connectivity index (χ2n) is 8.01. The quantitative estimate of drug-likeness (QED) is 0.659. The van der Waals surface area contributed by atoms with Crippen LogP contribution in [0.3, 0.4) is 0 Å². The van der Waals surface area contributed by atoms with Crippen LogP contribution in [0.15, 0.2) is 48.5 Å². The fourth-order valence-electron chi connectivity index (χ4n) is 4.82. The summed E-state index contributed by atoms with van der Waals surface area (Å²) >= 11 is 1.57. The maximum atomic E-state index is 13.9. The second-order valence-corrected chi connectivity index (χ2v) is 9.16. The molecule has 2 fully saturated rings. The van der Waals surface area contributed by atoms with Crippen molar-refractivity contribution in [2.75, 3.05) is 27.9 Å². The van der Waals surface area contributed by atoms with E-state index in [0.717, 1.165) is 17.0 Å². The molecule has 10 heteroatoms. The molecule has 166 valence electrons. The molecule has 0 unspecified atom stereocenters. The van der Waals surface area contributed by atoms with E-state index in [-0.39, 0.29) is 12.0 Å². The van der Waals surface area contributed by atoms with Gasteiger partial charge in [-0.3, -0.25) is 14.9 Å². The van der Waals surface area contributed by atoms with Crippen LogP contribution in [0.25, 0.3) is 0 Å². The molecule has 2 aromatic rings. The minimum absolute atomic E-state index is 0.213. The Labute approximate surface area is 185 Å². The normalized spacial score (nSPS) is 25.5. The van der Waals surface area contributed by atoms with Crippen molar-refractivity contribution >= 4 is 41.0 Å². The first-order valence-corrected chi connectivity index (χ1v) is 11.2. The number of halogens is 3. The average molecular weight is 461 g/mol. The molecule has 2 aromatic carbocycles. The number of anilines is 2. The number of nitrogens with zero attached hydrogens (tertiary/aromatic N) is 2. The number of hydrogen-bond acceptors (Lipinski definition) is 5. The van der Waals surface area contributed by atoms with Gasteiger partial charge in [0.15, 0.2) is 5.41 Å². The maximum Gasteiger partial charge on any atom is 0.416 e. The van der Waals surface area contributed by atoms with Gasteiger partial charge < -0.3 is 4.90 Å². The van der Waals surface area contributed by atoms with Gasteiger partial charge in [-0.05, 0) is 42.3 Å². The molecular weight excluding hydrogens is 443 g/mol. The van der Waals surface area contributed by atoms with Gasteiger partial charge in [-0.2, -0.15) is 24.9 Å². The lowest BCUT2D eigenvalue weighted by Gasteiger charge is -2.53. The average Bonchev–Trinajstić information content (AvgIpc) is 2.77. The van der Waals surface area contributed by atoms with Gasteiger partial charge in [-0.25, -0.2) is 9.69 Å². The summed E-state index contributed by atoms with van der Waals surface area (Å²) in [5, 5.41) is 2.30. The molecule has 5 rings (SSSR count). The molecule has 0 saturated carbocycles. The number of hydrogen-bond donors (Lipinski definition) is 1. The number of benzene rings is 2. The summed E-state index contributed by atoms with van der Waals surface area (Å²) in [5.74, 6) is -0.320. The Hall–Kier alpha value is -3.01. The summed E-state index contributed by atoms with van der Waals surface area (Å²) in [6.45, 7) is 0.481. The third-order valence-corrected chi connectivity index (χ3v) is 7.33. The van der Waals surface area contributed by atoms with Gasteiger partial charge in [-0.15, -0.1) is 0 Å². The van der Waals surface area contributed by atoms with Gasteiger partial charge in [0.1, 0.15) is 0 Å². The molecule has 2 saturated heterocycles. The molecule has 3 aliphatic heterocycles. The van der Waals surface area contributed by atoms with Crippen molar-refractivity contribution in [3.8, 4) is 0 Å². The van der Waals surface area contributed by atoms with Gasteiger partial charge in [-0.1, -0.05) is 18.2 Å². The predicted molar refractivity (Wildman–Crippen MR) is 114 cm³/mol. The van der Waals surface area contributed by atoms with Gasteiger partial charge in [0.25, 0.3) is 5.91 Å². The number of alkyl halides is 3. The first-order chi connectivity index (χ1) is 15.2. The van der Waals surface area contributed by atoms with Crippen LogP contribution in [-0.4, -0.2) is 41.9 Å². The summed E-state index contributed by atoms with van der Waals surface area (Å²) in [5.41, 5.74) is -1.39. The number of amides is 4. The molecule has 1 N–H and O–H groups in total. The Morgan fingerprint density at radius 2 is 1.81 bits per heavy atom. The van der Waals surface area contributed by atoms with E-state index >= 15 is 0 Å². The largest absolute Gasteiger partial charge is 0.416 e. The first-order valence-electron chi connectivity index (χ1n) is 10.0. The first kappa shape index (κ1) is 20.9. The number of nitrogens with one attached hydrogen (secondary N) is 1. The molecule has 0 bridgehead atoms. The lowest BCUT2D eigenvalue weighted by molar-refractivity contribution is -0.144. The van der Waals surface area contributed by atoms with Crippen LogP contribution in [-0.2, 0) is 22.2 Å². The molecule has 0 radical (unpaired) electrons. The van der Waals surface area contributed by atoms with Crippen LogP contribution in [0, 0.1) is 5.41 Å². The highest BCUT2D eigenvalue weighted by Gasteiger charge is 2.62. The summed E-state index contributed by atoms with van der Waals surface area (Å²) < 4.78 is 40.2. The number of urea groups is 1. The molecule has 32 heavy (non-hydrogen) atoms. The smallest absolute Gasteiger partial charge is 0.365 e. The van der Waals surface area contributed by atoms with Gasteiger partial charge in [0, 0.05) is 23.7 Å². The molecule has 6 nitrogen and oxygen atoms in total. The van der Waals surface area contributed by atoms with Crippen LogP contribution in [0.4, 0.5) is 29.3 Å². The van der Waals surface area contributed by atoms with Crippen molar-refractivity contribution in [2.24, 2.45) is 5.41 Å². The third kappa shape index (κ3) is 3.00. The van der Waals surface area contributed by atoms with E-state index in [0.29, 0.717) is 29.4 Å². The summed E-state index contributed by atoms with van der Waals surface area (Å²) in [4.78, 5) is 42.6. The Bertz CT molecular complexity index is 1120. The lowest BCUT2D eigenvalue weighted by atomic mass is 9.68. The van der Waals surface area contributed by atoms with E-state index in [1.807, 2.05) is 4.90 Å². The van der Waals surface area contributed by atoms with Gasteiger partial charge >= 0.3 is 12.2 Å². The standard InChI is InChI=1S/C22H18F3N3O3S/c23-22(24,25)14-6-7-16-13(10-14)11-21(17-12-32-9-8-27(16)17)18(29)26-20(31)28(19(21)30)15-4-2-1-3-5-15/h1-7,10,17H,8-9,11-12H2,(H,26,29,31)/t17-,21+/m0/s1. The van der Waals surface area contributed by atoms with Crippen LogP contribution < -0.4 is 15.1 Å². The minimum Gasteiger partial charge on any atom is -0.365 e. The van der Waals surface area contributed by atoms with Crippen molar-refractivity contribution in [2.45, 2.75) is 18.6 Å². The molecular formula is C22H18F3N3O3S. The lowest BCUT2D eigenvalue weighted by Crippen LogP contribution is -2.73. The van der Waals surface area contributed by atoms with Crippen molar-refractivity contribution in [3.63, 3.8) is 0 Å². The Balaban J connectivity index is 1.67. The van der Waals surface area contributed by atoms with Crippen LogP contribution >= 0.6 is 11.8 Å². The zero-order valence-corrected chi connectivity index (χ0v) is 17.5. The SMILES string of the molecule is O=C1NC(=O)[C@]2(Cc3cc(C(F)(F)F)ccc3N3CCSC[C@H]32)C(=O)N1c1ccccc1. The fourth-order valence-corrected chi connectivity index (χ4v) is 6.00. The number of para-hydroxylation sites is 1. The number of carbonyl (C=O) groups excluding carboxylic acids is 3. The maximum absolute atomic E-state index is 13.9. The predicted octanol–water partition coefficient (Wildman–Crippen LogP) is 3.45. The number of thioether (sulfide) groups is 1. The monoisotopic (exact) mass is 461 g/mol. The molecule has 0 aliphatic carbocycles. The van der Waals surface area contributed by atoms with E-state index in [9.17, 15) is 27.6 Å². The highest BCUT2D eigenvalue weighted by Crippen LogP contribution is 2.48. The molecule has 3 aliphatic rings. The number of imide groups is 2. The highest BCUT2D eigenvalue weighted by atomic mass is 32.2. The third-order valence-electron chi connectivity index (χ3n) is 6.31. The van der Waals surface area contributed by atoms with Crippen molar-refractivity contribution < 1.29 is 27.6 Å². The van der Waals surface area contributed by atoms with Gasteiger partial charge in [0.2, 0.25) is 5.91 Å². The van der Waals surface area contributed by atoms with Crippen molar-refractivity contribution in [3.05, 3.63) is 59.7 Å². The topological polar surface area (TPSA) is 69.7 Å². The number of barbiturate groups is 1. The summed E-state index contributed by atoms with van der Waals surface area (Å²) in [6, 6.07) is 10.2. The van der Waals surface area contributed by atoms with Crippen molar-refractivity contribution in [1.82, 2.24) is 5.32 Å². The van der Waals surface area contributed by atoms with Crippen LogP contribution in [0.5, 0.6) is 0 Å². The van der Waals surface area contributed by atoms with Crippen LogP contribution in [0.1, 0.15) is 11.1 Å². The van der Waals surface area contributed by atoms with E-state index < -0.39 is 41.0 Å². The number of fused-ring (bicyclic) bond motifs is 4. The number of carbonyl (C=O) groups is 3. The van der Waals surface area contributed by atoms with E-state index in [1.54, 1.807) is 42.1 Å². The summed E-state index contributed by atoms with van der Waals surface area (Å²) in [7, 11) is 0. The summed E-state index contributed by atoms with van der Waals surface area (Å²) in [6.07, 6.45) is -4.77. The highest BCUT2D eigenvalue weighted by molar-refractivity contribution is 7.99. The van der Waals surface area contributed by atoms with E-state index in [1.165, 1.54) is 6.07 Å². The van der Waals surface area contributed by atoms with E-state index in [4.69, 9.17) is 0 Å².